The summed E-state index contributed by atoms with van der Waals surface area (Å²) in [6, 6.07) is 10.7. The third-order valence-electron chi connectivity index (χ3n) is 5.05. The molecule has 0 aliphatic heterocycles. The smallest absolute Gasteiger partial charge is 0.119 e. The van der Waals surface area contributed by atoms with E-state index in [-0.39, 0.29) is 0 Å². The summed E-state index contributed by atoms with van der Waals surface area (Å²) in [7, 11) is 3.76. The van der Waals surface area contributed by atoms with Crippen molar-refractivity contribution in [3.63, 3.8) is 0 Å². The van der Waals surface area contributed by atoms with Gasteiger partial charge in [-0.15, -0.1) is 0 Å². The van der Waals surface area contributed by atoms with Crippen LogP contribution in [0.5, 0.6) is 5.75 Å². The number of ether oxygens (including phenoxy) is 1. The first-order valence-corrected chi connectivity index (χ1v) is 8.66. The molecule has 3 heteroatoms. The van der Waals surface area contributed by atoms with Crippen LogP contribution in [0.25, 0.3) is 0 Å². The fourth-order valence-corrected chi connectivity index (χ4v) is 3.84. The number of aryl methyl sites for hydroxylation is 1. The summed E-state index contributed by atoms with van der Waals surface area (Å²) in [6.07, 6.45) is 7.91. The van der Waals surface area contributed by atoms with Gasteiger partial charge in [0.2, 0.25) is 0 Å². The highest BCUT2D eigenvalue weighted by Crippen LogP contribution is 2.38. The van der Waals surface area contributed by atoms with Crippen LogP contribution in [-0.2, 0) is 6.42 Å². The molecule has 2 aromatic rings. The third-order valence-corrected chi connectivity index (χ3v) is 5.05. The Morgan fingerprint density at radius 3 is 3.00 bits per heavy atom. The molecule has 3 nitrogen and oxygen atoms in total. The lowest BCUT2D eigenvalue weighted by Crippen LogP contribution is -2.18. The normalized spacial score (nSPS) is 18.4. The van der Waals surface area contributed by atoms with Crippen molar-refractivity contribution in [1.82, 2.24) is 5.32 Å². The van der Waals surface area contributed by atoms with Gasteiger partial charge in [-0.2, -0.15) is 0 Å². The molecule has 1 aromatic heterocycles. The molecule has 1 aliphatic carbocycles. The van der Waals surface area contributed by atoms with Gasteiger partial charge in [-0.05, 0) is 80.5 Å². The Bertz CT molecular complexity index is 606. The van der Waals surface area contributed by atoms with Gasteiger partial charge in [0.1, 0.15) is 11.5 Å². The highest BCUT2D eigenvalue weighted by molar-refractivity contribution is 5.39. The predicted molar refractivity (Wildman–Crippen MR) is 93.3 cm³/mol. The summed E-state index contributed by atoms with van der Waals surface area (Å²) in [6.45, 7) is 0.968. The Morgan fingerprint density at radius 2 is 2.26 bits per heavy atom. The molecule has 1 N–H and O–H groups in total. The van der Waals surface area contributed by atoms with Crippen molar-refractivity contribution in [2.45, 2.75) is 43.9 Å². The molecule has 3 rings (SSSR count). The molecular weight excluding hydrogens is 286 g/mol. The number of benzene rings is 1. The van der Waals surface area contributed by atoms with Gasteiger partial charge >= 0.3 is 0 Å². The molecular formula is C20H27NO2. The highest BCUT2D eigenvalue weighted by Gasteiger charge is 2.23. The molecule has 0 spiro atoms. The number of furan rings is 1. The zero-order chi connectivity index (χ0) is 16.1. The van der Waals surface area contributed by atoms with Gasteiger partial charge in [0, 0.05) is 12.5 Å². The van der Waals surface area contributed by atoms with Gasteiger partial charge in [-0.25, -0.2) is 0 Å². The van der Waals surface area contributed by atoms with Crippen LogP contribution in [0.1, 0.15) is 54.4 Å². The van der Waals surface area contributed by atoms with E-state index in [9.17, 15) is 0 Å². The molecule has 1 aromatic carbocycles. The molecule has 0 radical (unpaired) electrons. The summed E-state index contributed by atoms with van der Waals surface area (Å²) < 4.78 is 11.0. The molecule has 0 saturated heterocycles. The maximum atomic E-state index is 5.63. The van der Waals surface area contributed by atoms with E-state index < -0.39 is 0 Å². The van der Waals surface area contributed by atoms with Crippen molar-refractivity contribution >= 4 is 0 Å². The molecule has 1 aliphatic rings. The summed E-state index contributed by atoms with van der Waals surface area (Å²) in [5.41, 5.74) is 3.00. The van der Waals surface area contributed by atoms with Crippen LogP contribution in [0, 0.1) is 0 Å². The molecule has 2 unspecified atom stereocenters. The SMILES string of the molecule is CNCC(CCC1CCCc2cc(OC)ccc21)c1ccco1. The van der Waals surface area contributed by atoms with Crippen LogP contribution in [0.3, 0.4) is 0 Å². The molecule has 0 amide bonds. The second kappa shape index (κ2) is 7.69. The van der Waals surface area contributed by atoms with Gasteiger partial charge in [0.25, 0.3) is 0 Å². The second-order valence-corrected chi connectivity index (χ2v) is 6.50. The lowest BCUT2D eigenvalue weighted by molar-refractivity contribution is 0.402. The van der Waals surface area contributed by atoms with Crippen LogP contribution in [-0.4, -0.2) is 20.7 Å². The Kier molecular flexibility index (Phi) is 5.39. The second-order valence-electron chi connectivity index (χ2n) is 6.50. The molecule has 1 heterocycles. The third kappa shape index (κ3) is 3.78. The van der Waals surface area contributed by atoms with Crippen LogP contribution in [0.4, 0.5) is 0 Å². The number of nitrogens with one attached hydrogen (secondary N) is 1. The first-order chi connectivity index (χ1) is 11.3. The lowest BCUT2D eigenvalue weighted by atomic mass is 9.79. The van der Waals surface area contributed by atoms with Gasteiger partial charge in [-0.3, -0.25) is 0 Å². The van der Waals surface area contributed by atoms with Crippen molar-refractivity contribution in [2.24, 2.45) is 0 Å². The van der Waals surface area contributed by atoms with Gasteiger partial charge in [-0.1, -0.05) is 6.07 Å². The molecule has 2 atom stereocenters. The van der Waals surface area contributed by atoms with Crippen LogP contribution in [0.15, 0.2) is 41.0 Å². The number of rotatable bonds is 7. The predicted octanol–water partition coefficient (Wildman–Crippen LogP) is 4.49. The van der Waals surface area contributed by atoms with E-state index in [0.29, 0.717) is 11.8 Å². The number of likely N-dealkylation sites (N-methyl/N-ethyl adjacent to an activating group) is 1. The Balaban J connectivity index is 1.69. The average Bonchev–Trinajstić information content (AvgIpc) is 3.12. The van der Waals surface area contributed by atoms with Crippen LogP contribution < -0.4 is 10.1 Å². The Morgan fingerprint density at radius 1 is 1.35 bits per heavy atom. The van der Waals surface area contributed by atoms with Crippen molar-refractivity contribution in [1.29, 1.82) is 0 Å². The van der Waals surface area contributed by atoms with E-state index >= 15 is 0 Å². The minimum atomic E-state index is 0.457. The summed E-state index contributed by atoms with van der Waals surface area (Å²) in [5.74, 6) is 3.20. The van der Waals surface area contributed by atoms with Crippen molar-refractivity contribution in [3.05, 3.63) is 53.5 Å². The Labute approximate surface area is 139 Å². The van der Waals surface area contributed by atoms with Gasteiger partial charge < -0.3 is 14.5 Å². The van der Waals surface area contributed by atoms with E-state index in [1.54, 1.807) is 13.4 Å². The fraction of sp³-hybridized carbons (Fsp3) is 0.500. The maximum absolute atomic E-state index is 5.63. The lowest BCUT2D eigenvalue weighted by Gasteiger charge is -2.27. The van der Waals surface area contributed by atoms with E-state index in [1.807, 2.05) is 13.1 Å². The molecule has 124 valence electrons. The van der Waals surface area contributed by atoms with Gasteiger partial charge in [0.05, 0.1) is 13.4 Å². The number of hydrogen-bond acceptors (Lipinski definition) is 3. The van der Waals surface area contributed by atoms with Gasteiger partial charge in [0.15, 0.2) is 0 Å². The quantitative estimate of drug-likeness (QED) is 0.817. The standard InChI is InChI=1S/C20H27NO2/c1-21-14-17(20-7-4-12-23-20)9-8-15-5-3-6-16-13-18(22-2)10-11-19(15)16/h4,7,10-13,15,17,21H,3,5-6,8-9,14H2,1-2H3. The summed E-state index contributed by atoms with van der Waals surface area (Å²) in [5, 5.41) is 3.30. The zero-order valence-electron chi connectivity index (χ0n) is 14.2. The minimum absolute atomic E-state index is 0.457. The number of fused-ring (bicyclic) bond motifs is 1. The van der Waals surface area contributed by atoms with E-state index in [0.717, 1.165) is 24.5 Å². The average molecular weight is 313 g/mol. The summed E-state index contributed by atoms with van der Waals surface area (Å²) in [4.78, 5) is 0. The minimum Gasteiger partial charge on any atom is -0.497 e. The number of methoxy groups -OCH3 is 1. The first-order valence-electron chi connectivity index (χ1n) is 8.66. The van der Waals surface area contributed by atoms with E-state index in [1.165, 1.54) is 36.8 Å². The molecule has 0 bridgehead atoms. The highest BCUT2D eigenvalue weighted by atomic mass is 16.5. The first kappa shape index (κ1) is 16.1. The molecule has 0 saturated carbocycles. The maximum Gasteiger partial charge on any atom is 0.119 e. The van der Waals surface area contributed by atoms with Crippen molar-refractivity contribution in [3.8, 4) is 5.75 Å². The monoisotopic (exact) mass is 313 g/mol. The van der Waals surface area contributed by atoms with Crippen LogP contribution in [0.2, 0.25) is 0 Å². The zero-order valence-corrected chi connectivity index (χ0v) is 14.2. The summed E-state index contributed by atoms with van der Waals surface area (Å²) >= 11 is 0. The topological polar surface area (TPSA) is 34.4 Å². The molecule has 0 fully saturated rings. The molecule has 23 heavy (non-hydrogen) atoms. The Hall–Kier alpha value is -1.74. The fourth-order valence-electron chi connectivity index (χ4n) is 3.84. The van der Waals surface area contributed by atoms with E-state index in [4.69, 9.17) is 9.15 Å². The van der Waals surface area contributed by atoms with E-state index in [2.05, 4.69) is 29.6 Å². The largest absolute Gasteiger partial charge is 0.497 e. The van der Waals surface area contributed by atoms with Crippen molar-refractivity contribution < 1.29 is 9.15 Å². The number of hydrogen-bond donors (Lipinski definition) is 1. The van der Waals surface area contributed by atoms with Crippen molar-refractivity contribution in [2.75, 3.05) is 20.7 Å². The van der Waals surface area contributed by atoms with Crippen LogP contribution >= 0.6 is 0 Å².